The number of ether oxygens (including phenoxy) is 1. The van der Waals surface area contributed by atoms with E-state index in [1.807, 2.05) is 0 Å². The molecule has 1 aromatic heterocycles. The Kier molecular flexibility index (Phi) is 6.40. The van der Waals surface area contributed by atoms with Gasteiger partial charge < -0.3 is 10.1 Å². The van der Waals surface area contributed by atoms with Gasteiger partial charge in [0.05, 0.1) is 40.1 Å². The summed E-state index contributed by atoms with van der Waals surface area (Å²) in [6.07, 6.45) is 1.07. The molecule has 0 aliphatic heterocycles. The Morgan fingerprint density at radius 1 is 1.26 bits per heavy atom. The van der Waals surface area contributed by atoms with Crippen molar-refractivity contribution >= 4 is 15.7 Å². The second-order valence-electron chi connectivity index (χ2n) is 9.16. The molecule has 7 nitrogen and oxygen atoms in total. The number of benzene rings is 1. The molecule has 11 heteroatoms. The second kappa shape index (κ2) is 8.91. The van der Waals surface area contributed by atoms with Gasteiger partial charge >= 0.3 is 0 Å². The molecule has 2 aromatic rings. The van der Waals surface area contributed by atoms with Crippen LogP contribution in [0.2, 0.25) is 0 Å². The summed E-state index contributed by atoms with van der Waals surface area (Å²) in [6.45, 7) is 0.600. The van der Waals surface area contributed by atoms with Crippen LogP contribution in [0.3, 0.4) is 0 Å². The van der Waals surface area contributed by atoms with Gasteiger partial charge in [-0.3, -0.25) is 9.78 Å². The highest BCUT2D eigenvalue weighted by Gasteiger charge is 2.50. The molecule has 2 fully saturated rings. The zero-order chi connectivity index (χ0) is 25.6. The molecule has 1 N–H and O–H groups in total. The summed E-state index contributed by atoms with van der Waals surface area (Å²) in [7, 11) is -2.93. The van der Waals surface area contributed by atoms with Crippen LogP contribution in [0.15, 0.2) is 41.4 Å². The first-order chi connectivity index (χ1) is 16.4. The Morgan fingerprint density at radius 3 is 2.51 bits per heavy atom. The van der Waals surface area contributed by atoms with Crippen molar-refractivity contribution in [2.24, 2.45) is 5.92 Å². The number of halogens is 3. The molecule has 4 rings (SSSR count). The third-order valence-corrected chi connectivity index (χ3v) is 8.88. The van der Waals surface area contributed by atoms with Gasteiger partial charge in [0.2, 0.25) is 5.91 Å². The molecule has 1 unspecified atom stereocenters. The number of rotatable bonds is 7. The molecule has 2 aliphatic carbocycles. The second-order valence-corrected chi connectivity index (χ2v) is 11.4. The number of aromatic nitrogens is 1. The lowest BCUT2D eigenvalue weighted by Crippen LogP contribution is -2.42. The smallest absolute Gasteiger partial charge is 0.271 e. The van der Waals surface area contributed by atoms with Crippen molar-refractivity contribution in [1.82, 2.24) is 10.3 Å². The van der Waals surface area contributed by atoms with Crippen molar-refractivity contribution in [1.29, 1.82) is 5.26 Å². The molecule has 3 atom stereocenters. The third-order valence-electron chi connectivity index (χ3n) is 6.65. The van der Waals surface area contributed by atoms with E-state index in [2.05, 4.69) is 16.4 Å². The summed E-state index contributed by atoms with van der Waals surface area (Å²) in [5, 5.41) is 10.8. The number of nitrogens with zero attached hydrogens (tertiary/aromatic N) is 2. The van der Waals surface area contributed by atoms with Gasteiger partial charge in [-0.2, -0.15) is 5.26 Å². The maximum Gasteiger partial charge on any atom is 0.271 e. The van der Waals surface area contributed by atoms with Crippen LogP contribution < -0.4 is 5.32 Å². The van der Waals surface area contributed by atoms with E-state index < -0.39 is 60.8 Å². The maximum absolute atomic E-state index is 14.6. The van der Waals surface area contributed by atoms with Crippen LogP contribution in [0.25, 0.3) is 11.3 Å². The van der Waals surface area contributed by atoms with Gasteiger partial charge in [-0.1, -0.05) is 6.07 Å². The quantitative estimate of drug-likeness (QED) is 0.612. The van der Waals surface area contributed by atoms with Crippen LogP contribution >= 0.6 is 0 Å². The molecule has 1 aromatic carbocycles. The highest BCUT2D eigenvalue weighted by molar-refractivity contribution is 7.92. The fraction of sp³-hybridized carbons (Fsp3) is 0.458. The third kappa shape index (κ3) is 4.90. The molecule has 2 aliphatic rings. The van der Waals surface area contributed by atoms with E-state index in [1.165, 1.54) is 19.2 Å². The number of sulfone groups is 1. The Labute approximate surface area is 201 Å². The highest BCUT2D eigenvalue weighted by atomic mass is 32.2. The van der Waals surface area contributed by atoms with Crippen LogP contribution in [0.4, 0.5) is 13.2 Å². The summed E-state index contributed by atoms with van der Waals surface area (Å²) in [5.41, 5.74) is -1.20. The molecule has 0 saturated heterocycles. The van der Waals surface area contributed by atoms with Crippen molar-refractivity contribution in [2.75, 3.05) is 7.11 Å². The highest BCUT2D eigenvalue weighted by Crippen LogP contribution is 2.42. The van der Waals surface area contributed by atoms with E-state index in [0.29, 0.717) is 19.8 Å². The normalized spacial score (nSPS) is 23.5. The Bertz CT molecular complexity index is 1280. The summed E-state index contributed by atoms with van der Waals surface area (Å²) < 4.78 is 74.9. The minimum Gasteiger partial charge on any atom is -0.381 e. The fourth-order valence-corrected chi connectivity index (χ4v) is 6.53. The molecule has 0 bridgehead atoms. The standard InChI is InChI=1S/C24H24F3N3O4S/c1-23(26,27)18-9-14(19-5-4-15(25)12-29-19)3-6-21(18)35(32,33)16-10-17(20(11-16)34-2)22(31)30-24(13-28)7-8-24/h3-6,9,12,16-17,20H,7-8,10-11H2,1-2H3,(H,30,31)/t16?,17-,20-/m1/s1. The van der Waals surface area contributed by atoms with Gasteiger partial charge in [0, 0.05) is 25.2 Å². The first kappa shape index (κ1) is 25.1. The van der Waals surface area contributed by atoms with Gasteiger partial charge in [-0.25, -0.2) is 21.6 Å². The molecule has 1 amide bonds. The SMILES string of the molecule is CO[C@@H]1CC(S(=O)(=O)c2ccc(-c3ccc(F)cn3)cc2C(C)(F)F)C[C@H]1C(=O)NC1(C#N)CC1. The van der Waals surface area contributed by atoms with E-state index in [0.717, 1.165) is 24.4 Å². The summed E-state index contributed by atoms with van der Waals surface area (Å²) >= 11 is 0. The molecule has 35 heavy (non-hydrogen) atoms. The molecule has 0 spiro atoms. The minimum absolute atomic E-state index is 0.0491. The summed E-state index contributed by atoms with van der Waals surface area (Å²) in [4.78, 5) is 16.1. The number of pyridine rings is 1. The summed E-state index contributed by atoms with van der Waals surface area (Å²) in [6, 6.07) is 7.99. The number of methoxy groups -OCH3 is 1. The van der Waals surface area contributed by atoms with Crippen molar-refractivity contribution in [3.05, 3.63) is 47.9 Å². The van der Waals surface area contributed by atoms with Gasteiger partial charge in [0.25, 0.3) is 5.92 Å². The van der Waals surface area contributed by atoms with Crippen LogP contribution in [-0.2, 0) is 25.3 Å². The van der Waals surface area contributed by atoms with E-state index >= 15 is 0 Å². The Balaban J connectivity index is 1.66. The first-order valence-corrected chi connectivity index (χ1v) is 12.6. The number of alkyl halides is 2. The molecular weight excluding hydrogens is 483 g/mol. The minimum atomic E-state index is -4.29. The van der Waals surface area contributed by atoms with Gasteiger partial charge in [-0.05, 0) is 49.9 Å². The zero-order valence-corrected chi connectivity index (χ0v) is 19.9. The number of hydrogen-bond acceptors (Lipinski definition) is 6. The first-order valence-electron chi connectivity index (χ1n) is 11.0. The molecule has 0 radical (unpaired) electrons. The van der Waals surface area contributed by atoms with Gasteiger partial charge in [-0.15, -0.1) is 0 Å². The van der Waals surface area contributed by atoms with Crippen molar-refractivity contribution in [2.45, 2.75) is 60.3 Å². The van der Waals surface area contributed by atoms with E-state index in [1.54, 1.807) is 0 Å². The largest absolute Gasteiger partial charge is 0.381 e. The molecule has 1 heterocycles. The lowest BCUT2D eigenvalue weighted by Gasteiger charge is -2.20. The molecule has 2 saturated carbocycles. The van der Waals surface area contributed by atoms with E-state index in [9.17, 15) is 31.6 Å². The average Bonchev–Trinajstić information content (AvgIpc) is 3.44. The average molecular weight is 508 g/mol. The number of nitrogens with one attached hydrogen (secondary N) is 1. The van der Waals surface area contributed by atoms with Gasteiger partial charge in [0.1, 0.15) is 11.4 Å². The maximum atomic E-state index is 14.6. The van der Waals surface area contributed by atoms with E-state index in [-0.39, 0.29) is 24.1 Å². The Morgan fingerprint density at radius 2 is 1.97 bits per heavy atom. The molecule has 186 valence electrons. The zero-order valence-electron chi connectivity index (χ0n) is 19.1. The number of amides is 1. The van der Waals surface area contributed by atoms with Crippen molar-refractivity contribution in [3.63, 3.8) is 0 Å². The van der Waals surface area contributed by atoms with E-state index in [4.69, 9.17) is 4.74 Å². The van der Waals surface area contributed by atoms with Crippen LogP contribution in [0, 0.1) is 23.1 Å². The monoisotopic (exact) mass is 507 g/mol. The lowest BCUT2D eigenvalue weighted by atomic mass is 10.0. The molecular formula is C24H24F3N3O4S. The number of carbonyl (C=O) groups is 1. The predicted octanol–water partition coefficient (Wildman–Crippen LogP) is 3.74. The van der Waals surface area contributed by atoms with Crippen LogP contribution in [-0.4, -0.2) is 43.3 Å². The van der Waals surface area contributed by atoms with Crippen LogP contribution in [0.5, 0.6) is 0 Å². The topological polar surface area (TPSA) is 109 Å². The summed E-state index contributed by atoms with van der Waals surface area (Å²) in [5.74, 6) is -5.41. The predicted molar refractivity (Wildman–Crippen MR) is 119 cm³/mol. The van der Waals surface area contributed by atoms with Crippen LogP contribution in [0.1, 0.15) is 38.2 Å². The number of hydrogen-bond donors (Lipinski definition) is 1. The number of nitriles is 1. The number of carbonyl (C=O) groups excluding carboxylic acids is 1. The Hall–Kier alpha value is -2.97. The lowest BCUT2D eigenvalue weighted by molar-refractivity contribution is -0.128. The van der Waals surface area contributed by atoms with Gasteiger partial charge in [0.15, 0.2) is 9.84 Å². The van der Waals surface area contributed by atoms with Crippen molar-refractivity contribution < 1.29 is 31.1 Å². The fourth-order valence-electron chi connectivity index (χ4n) is 4.47. The van der Waals surface area contributed by atoms with Crippen molar-refractivity contribution in [3.8, 4) is 17.3 Å².